The fraction of sp³-hybridized carbons (Fsp3) is 0.857. The van der Waals surface area contributed by atoms with Crippen LogP contribution in [0.3, 0.4) is 0 Å². The van der Waals surface area contributed by atoms with Crippen LogP contribution in [0.4, 0.5) is 0 Å². The van der Waals surface area contributed by atoms with Crippen LogP contribution in [0.1, 0.15) is 13.3 Å². The van der Waals surface area contributed by atoms with Gasteiger partial charge in [0.15, 0.2) is 6.23 Å². The lowest BCUT2D eigenvalue weighted by Gasteiger charge is -2.20. The van der Waals surface area contributed by atoms with Gasteiger partial charge in [0.1, 0.15) is 6.61 Å². The van der Waals surface area contributed by atoms with Crippen LogP contribution < -0.4 is 0 Å². The zero-order chi connectivity index (χ0) is 10.3. The quantitative estimate of drug-likeness (QED) is 0.264. The largest absolute Gasteiger partial charge is 0.438 e. The number of nitrogens with zero attached hydrogens (tertiary/aromatic N) is 2. The monoisotopic (exact) mass is 190 g/mol. The Kier molecular flexibility index (Phi) is 5.79. The van der Waals surface area contributed by atoms with E-state index in [1.54, 1.807) is 6.92 Å². The van der Waals surface area contributed by atoms with Crippen molar-refractivity contribution >= 4 is 5.97 Å². The normalized spacial score (nSPS) is 11.9. The molecule has 0 aliphatic heterocycles. The van der Waals surface area contributed by atoms with Crippen molar-refractivity contribution in [2.45, 2.75) is 19.6 Å². The summed E-state index contributed by atoms with van der Waals surface area (Å²) < 4.78 is 9.42. The van der Waals surface area contributed by atoms with Crippen LogP contribution in [0.5, 0.6) is 0 Å². The topological polar surface area (TPSA) is 68.2 Å². The minimum absolute atomic E-state index is 0.122. The first-order chi connectivity index (χ1) is 6.15. The summed E-state index contributed by atoms with van der Waals surface area (Å²) in [5.41, 5.74) is 0. The summed E-state index contributed by atoms with van der Waals surface area (Å²) in [7, 11) is 2.84. The first-order valence-electron chi connectivity index (χ1n) is 3.90. The fourth-order valence-electron chi connectivity index (χ4n) is 0.780. The predicted octanol–water partition coefficient (Wildman–Crippen LogP) is 0.525. The third kappa shape index (κ3) is 4.41. The summed E-state index contributed by atoms with van der Waals surface area (Å²) in [4.78, 5) is 21.0. The second-order valence-electron chi connectivity index (χ2n) is 2.44. The Morgan fingerprint density at radius 2 is 2.23 bits per heavy atom. The standard InChI is InChI=1S/C7H14N2O4/c1-4-6(9(2)8-11)13-7(10)5-12-3/h6H,4-5H2,1-3H3. The Morgan fingerprint density at radius 3 is 2.62 bits per heavy atom. The van der Waals surface area contributed by atoms with Gasteiger partial charge in [-0.3, -0.25) is 0 Å². The van der Waals surface area contributed by atoms with Crippen molar-refractivity contribution in [2.24, 2.45) is 5.29 Å². The molecule has 76 valence electrons. The number of methoxy groups -OCH3 is 1. The van der Waals surface area contributed by atoms with Gasteiger partial charge in [-0.2, -0.15) is 0 Å². The fourth-order valence-corrected chi connectivity index (χ4v) is 0.780. The molecule has 0 aromatic carbocycles. The molecule has 0 heterocycles. The molecule has 6 heteroatoms. The van der Waals surface area contributed by atoms with Crippen molar-refractivity contribution in [2.75, 3.05) is 20.8 Å². The van der Waals surface area contributed by atoms with Crippen molar-refractivity contribution in [1.29, 1.82) is 0 Å². The molecule has 1 atom stereocenters. The van der Waals surface area contributed by atoms with E-state index in [2.05, 4.69) is 10.0 Å². The first kappa shape index (κ1) is 11.8. The molecule has 0 aliphatic rings. The van der Waals surface area contributed by atoms with Crippen LogP contribution in [-0.2, 0) is 14.3 Å². The average Bonchev–Trinajstić information content (AvgIpc) is 2.13. The third-order valence-corrected chi connectivity index (χ3v) is 1.42. The molecule has 0 saturated carbocycles. The van der Waals surface area contributed by atoms with Gasteiger partial charge in [-0.1, -0.05) is 6.92 Å². The molecule has 0 saturated heterocycles. The molecule has 0 N–H and O–H groups in total. The number of hydrogen-bond donors (Lipinski definition) is 0. The highest BCUT2D eigenvalue weighted by Crippen LogP contribution is 2.03. The summed E-state index contributed by atoms with van der Waals surface area (Å²) in [6, 6.07) is 0. The highest BCUT2D eigenvalue weighted by molar-refractivity contribution is 5.70. The molecule has 0 amide bonds. The second-order valence-corrected chi connectivity index (χ2v) is 2.44. The van der Waals surface area contributed by atoms with E-state index in [-0.39, 0.29) is 6.61 Å². The van der Waals surface area contributed by atoms with E-state index in [4.69, 9.17) is 4.74 Å². The van der Waals surface area contributed by atoms with Gasteiger partial charge in [0.25, 0.3) is 0 Å². The molecule has 0 rings (SSSR count). The lowest BCUT2D eigenvalue weighted by atomic mass is 10.4. The molecule has 13 heavy (non-hydrogen) atoms. The van der Waals surface area contributed by atoms with E-state index in [1.165, 1.54) is 14.2 Å². The van der Waals surface area contributed by atoms with Crippen LogP contribution in [0.25, 0.3) is 0 Å². The smallest absolute Gasteiger partial charge is 0.334 e. The second kappa shape index (κ2) is 6.36. The molecule has 0 radical (unpaired) electrons. The molecule has 1 unspecified atom stereocenters. The number of ether oxygens (including phenoxy) is 2. The van der Waals surface area contributed by atoms with Gasteiger partial charge in [-0.05, 0) is 0 Å². The van der Waals surface area contributed by atoms with E-state index < -0.39 is 12.2 Å². The molecule has 6 nitrogen and oxygen atoms in total. The maximum Gasteiger partial charge on any atom is 0.334 e. The lowest BCUT2D eigenvalue weighted by Crippen LogP contribution is -2.32. The minimum atomic E-state index is -0.611. The number of carbonyl (C=O) groups excluding carboxylic acids is 1. The molecule has 0 aliphatic carbocycles. The van der Waals surface area contributed by atoms with E-state index in [0.29, 0.717) is 6.42 Å². The van der Waals surface area contributed by atoms with Gasteiger partial charge in [0.2, 0.25) is 0 Å². The number of carbonyl (C=O) groups is 1. The molecule has 0 fully saturated rings. The van der Waals surface area contributed by atoms with Crippen molar-refractivity contribution < 1.29 is 14.3 Å². The number of esters is 1. The molecule has 0 aromatic heterocycles. The van der Waals surface area contributed by atoms with Crippen LogP contribution in [0, 0.1) is 4.91 Å². The Balaban J connectivity index is 3.96. The Bertz CT molecular complexity index is 174. The molecular weight excluding hydrogens is 176 g/mol. The minimum Gasteiger partial charge on any atom is -0.438 e. The maximum absolute atomic E-state index is 10.9. The third-order valence-electron chi connectivity index (χ3n) is 1.42. The van der Waals surface area contributed by atoms with Gasteiger partial charge in [-0.15, -0.1) is 4.91 Å². The Morgan fingerprint density at radius 1 is 1.62 bits per heavy atom. The summed E-state index contributed by atoms with van der Waals surface area (Å²) in [5, 5.41) is 3.69. The summed E-state index contributed by atoms with van der Waals surface area (Å²) in [6.45, 7) is 1.66. The molecular formula is C7H14N2O4. The Labute approximate surface area is 76.7 Å². The highest BCUT2D eigenvalue weighted by atomic mass is 16.6. The SMILES string of the molecule is CCC(OC(=O)COC)N(C)N=O. The first-order valence-corrected chi connectivity index (χ1v) is 3.90. The highest BCUT2D eigenvalue weighted by Gasteiger charge is 2.16. The van der Waals surface area contributed by atoms with Crippen LogP contribution >= 0.6 is 0 Å². The molecule has 0 aromatic rings. The van der Waals surface area contributed by atoms with Crippen molar-refractivity contribution in [3.05, 3.63) is 4.91 Å². The average molecular weight is 190 g/mol. The number of nitroso groups, excluding NO2 is 1. The van der Waals surface area contributed by atoms with Crippen molar-refractivity contribution in [1.82, 2.24) is 5.01 Å². The summed E-state index contributed by atoms with van der Waals surface area (Å²) in [5.74, 6) is -0.509. The van der Waals surface area contributed by atoms with Crippen molar-refractivity contribution in [3.8, 4) is 0 Å². The van der Waals surface area contributed by atoms with Gasteiger partial charge in [0, 0.05) is 20.6 Å². The van der Waals surface area contributed by atoms with Gasteiger partial charge in [-0.25, -0.2) is 9.80 Å². The molecule has 0 bridgehead atoms. The summed E-state index contributed by atoms with van der Waals surface area (Å²) >= 11 is 0. The van der Waals surface area contributed by atoms with Crippen LogP contribution in [-0.4, -0.2) is 38.0 Å². The molecule has 0 spiro atoms. The van der Waals surface area contributed by atoms with Gasteiger partial charge < -0.3 is 9.47 Å². The zero-order valence-electron chi connectivity index (χ0n) is 8.02. The van der Waals surface area contributed by atoms with Crippen molar-refractivity contribution in [3.63, 3.8) is 0 Å². The van der Waals surface area contributed by atoms with E-state index in [9.17, 15) is 9.70 Å². The number of hydrogen-bond acceptors (Lipinski definition) is 5. The summed E-state index contributed by atoms with van der Waals surface area (Å²) in [6.07, 6.45) is -0.113. The predicted molar refractivity (Wildman–Crippen MR) is 45.6 cm³/mol. The van der Waals surface area contributed by atoms with E-state index in [0.717, 1.165) is 5.01 Å². The lowest BCUT2D eigenvalue weighted by molar-refractivity contribution is -0.162. The van der Waals surface area contributed by atoms with Crippen LogP contribution in [0.2, 0.25) is 0 Å². The number of rotatable bonds is 6. The van der Waals surface area contributed by atoms with Crippen LogP contribution in [0.15, 0.2) is 5.29 Å². The van der Waals surface area contributed by atoms with Gasteiger partial charge in [0.05, 0.1) is 5.29 Å². The maximum atomic E-state index is 10.9. The zero-order valence-corrected chi connectivity index (χ0v) is 8.02. The Hall–Kier alpha value is -1.17. The van der Waals surface area contributed by atoms with E-state index in [1.807, 2.05) is 0 Å². The van der Waals surface area contributed by atoms with E-state index >= 15 is 0 Å². The van der Waals surface area contributed by atoms with Gasteiger partial charge >= 0.3 is 5.97 Å².